The third kappa shape index (κ3) is 3.23. The molecule has 1 fully saturated rings. The lowest BCUT2D eigenvalue weighted by atomic mass is 10.1. The fourth-order valence-corrected chi connectivity index (χ4v) is 2.16. The van der Waals surface area contributed by atoms with Gasteiger partial charge in [0.1, 0.15) is 0 Å². The molecular weight excluding hydrogens is 224 g/mol. The van der Waals surface area contributed by atoms with E-state index in [4.69, 9.17) is 0 Å². The number of benzene rings is 1. The van der Waals surface area contributed by atoms with E-state index >= 15 is 0 Å². The van der Waals surface area contributed by atoms with Crippen molar-refractivity contribution in [3.8, 4) is 0 Å². The first-order valence-corrected chi connectivity index (χ1v) is 6.00. The summed E-state index contributed by atoms with van der Waals surface area (Å²) in [5, 5.41) is 9.36. The Balaban J connectivity index is 1.87. The zero-order valence-corrected chi connectivity index (χ0v) is 9.70. The second kappa shape index (κ2) is 5.56. The van der Waals surface area contributed by atoms with Crippen LogP contribution in [0.5, 0.6) is 0 Å². The van der Waals surface area contributed by atoms with Crippen LogP contribution in [0.25, 0.3) is 0 Å². The molecule has 1 aromatic carbocycles. The number of aliphatic hydroxyl groups is 1. The lowest BCUT2D eigenvalue weighted by molar-refractivity contribution is 0.0831. The van der Waals surface area contributed by atoms with Crippen LogP contribution in [0.2, 0.25) is 0 Å². The molecule has 94 valence electrons. The number of piperidine rings is 1. The number of hydrogen-bond acceptors (Lipinski definition) is 2. The second-order valence-corrected chi connectivity index (χ2v) is 4.54. The average molecular weight is 241 g/mol. The summed E-state index contributed by atoms with van der Waals surface area (Å²) in [6.07, 6.45) is 1.86. The third-order valence-corrected chi connectivity index (χ3v) is 3.29. The average Bonchev–Trinajstić information content (AvgIpc) is 2.33. The van der Waals surface area contributed by atoms with E-state index in [0.29, 0.717) is 18.5 Å². The molecule has 0 aliphatic carbocycles. The maximum atomic E-state index is 13.4. The van der Waals surface area contributed by atoms with Crippen molar-refractivity contribution in [2.75, 3.05) is 19.6 Å². The van der Waals surface area contributed by atoms with E-state index in [2.05, 4.69) is 4.90 Å². The van der Waals surface area contributed by atoms with E-state index in [1.807, 2.05) is 0 Å². The van der Waals surface area contributed by atoms with Gasteiger partial charge in [0.15, 0.2) is 11.6 Å². The fourth-order valence-electron chi connectivity index (χ4n) is 2.16. The first-order chi connectivity index (χ1) is 8.16. The van der Waals surface area contributed by atoms with Gasteiger partial charge in [-0.15, -0.1) is 0 Å². The molecule has 0 saturated carbocycles. The van der Waals surface area contributed by atoms with Crippen molar-refractivity contribution in [3.63, 3.8) is 0 Å². The molecule has 0 spiro atoms. The fraction of sp³-hybridized carbons (Fsp3) is 0.538. The molecule has 17 heavy (non-hydrogen) atoms. The lowest BCUT2D eigenvalue weighted by Crippen LogP contribution is -2.37. The maximum absolute atomic E-state index is 13.4. The van der Waals surface area contributed by atoms with Crippen LogP contribution in [0.15, 0.2) is 18.2 Å². The first kappa shape index (κ1) is 12.5. The highest BCUT2D eigenvalue weighted by Gasteiger charge is 2.17. The minimum Gasteiger partial charge on any atom is -0.393 e. The van der Waals surface area contributed by atoms with Crippen molar-refractivity contribution in [1.82, 2.24) is 4.90 Å². The summed E-state index contributed by atoms with van der Waals surface area (Å²) in [5.74, 6) is -1.51. The maximum Gasteiger partial charge on any atom is 0.162 e. The van der Waals surface area contributed by atoms with Crippen LogP contribution < -0.4 is 0 Å². The Morgan fingerprint density at radius 3 is 2.65 bits per heavy atom. The van der Waals surface area contributed by atoms with Crippen molar-refractivity contribution >= 4 is 0 Å². The molecule has 1 N–H and O–H groups in total. The van der Waals surface area contributed by atoms with Crippen molar-refractivity contribution in [2.45, 2.75) is 25.4 Å². The second-order valence-electron chi connectivity index (χ2n) is 4.54. The summed E-state index contributed by atoms with van der Waals surface area (Å²) in [7, 11) is 0. The van der Waals surface area contributed by atoms with Gasteiger partial charge in [0.25, 0.3) is 0 Å². The van der Waals surface area contributed by atoms with Gasteiger partial charge in [0, 0.05) is 19.6 Å². The summed E-state index contributed by atoms with van der Waals surface area (Å²) in [6.45, 7) is 2.38. The Morgan fingerprint density at radius 2 is 1.94 bits per heavy atom. The summed E-state index contributed by atoms with van der Waals surface area (Å²) < 4.78 is 26.4. The molecule has 1 saturated heterocycles. The van der Waals surface area contributed by atoms with E-state index in [1.54, 1.807) is 6.07 Å². The van der Waals surface area contributed by atoms with Crippen LogP contribution in [0, 0.1) is 11.6 Å². The van der Waals surface area contributed by atoms with Gasteiger partial charge in [-0.25, -0.2) is 8.78 Å². The monoisotopic (exact) mass is 241 g/mol. The highest BCUT2D eigenvalue weighted by Crippen LogP contribution is 2.14. The van der Waals surface area contributed by atoms with Gasteiger partial charge < -0.3 is 10.0 Å². The van der Waals surface area contributed by atoms with Gasteiger partial charge in [-0.2, -0.15) is 0 Å². The largest absolute Gasteiger partial charge is 0.393 e. The molecule has 1 aliphatic rings. The van der Waals surface area contributed by atoms with Crippen LogP contribution in [0.1, 0.15) is 18.4 Å². The van der Waals surface area contributed by atoms with Crippen molar-refractivity contribution < 1.29 is 13.9 Å². The number of rotatable bonds is 3. The molecule has 1 aliphatic heterocycles. The van der Waals surface area contributed by atoms with Crippen LogP contribution in [0.3, 0.4) is 0 Å². The van der Waals surface area contributed by atoms with Gasteiger partial charge in [0.2, 0.25) is 0 Å². The van der Waals surface area contributed by atoms with Crippen molar-refractivity contribution in [1.29, 1.82) is 0 Å². The van der Waals surface area contributed by atoms with E-state index in [1.165, 1.54) is 6.07 Å². The predicted molar refractivity (Wildman–Crippen MR) is 61.7 cm³/mol. The summed E-state index contributed by atoms with van der Waals surface area (Å²) in [6, 6.07) is 4.29. The van der Waals surface area contributed by atoms with E-state index < -0.39 is 11.6 Å². The topological polar surface area (TPSA) is 23.5 Å². The van der Waals surface area contributed by atoms with Gasteiger partial charge >= 0.3 is 0 Å². The lowest BCUT2D eigenvalue weighted by Gasteiger charge is -2.29. The minimum absolute atomic E-state index is 0.197. The highest BCUT2D eigenvalue weighted by atomic mass is 19.2. The highest BCUT2D eigenvalue weighted by molar-refractivity contribution is 5.19. The normalized spacial score (nSPS) is 18.5. The zero-order valence-electron chi connectivity index (χ0n) is 9.70. The molecule has 0 amide bonds. The molecular formula is C13H17F2NO. The molecule has 0 unspecified atom stereocenters. The molecule has 2 rings (SSSR count). The molecule has 1 heterocycles. The Kier molecular flexibility index (Phi) is 4.07. The molecule has 0 aromatic heterocycles. The Morgan fingerprint density at radius 1 is 1.24 bits per heavy atom. The minimum atomic E-state index is -0.781. The number of halogens is 2. The third-order valence-electron chi connectivity index (χ3n) is 3.29. The number of hydrogen-bond donors (Lipinski definition) is 1. The van der Waals surface area contributed by atoms with Crippen molar-refractivity contribution in [3.05, 3.63) is 35.4 Å². The van der Waals surface area contributed by atoms with Gasteiger partial charge in [-0.1, -0.05) is 12.1 Å². The van der Waals surface area contributed by atoms with E-state index in [-0.39, 0.29) is 6.10 Å². The first-order valence-electron chi connectivity index (χ1n) is 6.00. The van der Waals surface area contributed by atoms with E-state index in [9.17, 15) is 13.9 Å². The Hall–Kier alpha value is -1.00. The van der Waals surface area contributed by atoms with Crippen LogP contribution in [-0.2, 0) is 6.42 Å². The number of nitrogens with zero attached hydrogens (tertiary/aromatic N) is 1. The van der Waals surface area contributed by atoms with Crippen molar-refractivity contribution in [2.24, 2.45) is 0 Å². The SMILES string of the molecule is OC1CCN(CCc2cccc(F)c2F)CC1. The molecule has 1 aromatic rings. The van der Waals surface area contributed by atoms with Gasteiger partial charge in [0.05, 0.1) is 6.10 Å². The molecule has 0 atom stereocenters. The van der Waals surface area contributed by atoms with Gasteiger partial charge in [-0.05, 0) is 30.9 Å². The smallest absolute Gasteiger partial charge is 0.162 e. The van der Waals surface area contributed by atoms with Crippen LogP contribution in [-0.4, -0.2) is 35.7 Å². The van der Waals surface area contributed by atoms with Crippen LogP contribution >= 0.6 is 0 Å². The number of likely N-dealkylation sites (tertiary alicyclic amines) is 1. The number of aliphatic hydroxyl groups excluding tert-OH is 1. The summed E-state index contributed by atoms with van der Waals surface area (Å²) in [5.41, 5.74) is 0.427. The van der Waals surface area contributed by atoms with Crippen LogP contribution in [0.4, 0.5) is 8.78 Å². The summed E-state index contributed by atoms with van der Waals surface area (Å²) >= 11 is 0. The molecule has 0 radical (unpaired) electrons. The summed E-state index contributed by atoms with van der Waals surface area (Å²) in [4.78, 5) is 2.18. The zero-order chi connectivity index (χ0) is 12.3. The Labute approximate surface area is 99.9 Å². The quantitative estimate of drug-likeness (QED) is 0.874. The molecule has 4 heteroatoms. The molecule has 2 nitrogen and oxygen atoms in total. The van der Waals surface area contributed by atoms with E-state index in [0.717, 1.165) is 32.0 Å². The Bertz CT molecular complexity index is 376. The predicted octanol–water partition coefficient (Wildman–Crippen LogP) is 1.96. The van der Waals surface area contributed by atoms with Gasteiger partial charge in [-0.3, -0.25) is 0 Å². The molecule has 0 bridgehead atoms. The standard InChI is InChI=1S/C13H17F2NO/c14-12-3-1-2-10(13(12)15)4-7-16-8-5-11(17)6-9-16/h1-3,11,17H,4-9H2.